The molecule has 0 aliphatic heterocycles. The average Bonchev–Trinajstić information content (AvgIpc) is 3.10. The molecular weight excluding hydrogens is 280 g/mol. The molecule has 0 saturated heterocycles. The van der Waals surface area contributed by atoms with Crippen LogP contribution in [0.15, 0.2) is 23.1 Å². The number of anilines is 2. The SMILES string of the molecule is CN(CC(=O)NC1CC1)c1cc(N)cc(S(N)(=O)=O)c1. The van der Waals surface area contributed by atoms with Crippen LogP contribution in [0.4, 0.5) is 11.4 Å². The number of likely N-dealkylation sites (N-methyl/N-ethyl adjacent to an activating group) is 1. The number of nitrogen functional groups attached to an aromatic ring is 1. The molecule has 110 valence electrons. The zero-order chi connectivity index (χ0) is 14.9. The number of hydrogen-bond donors (Lipinski definition) is 3. The molecule has 0 unspecified atom stereocenters. The number of carbonyl (C=O) groups is 1. The maximum Gasteiger partial charge on any atom is 0.239 e. The van der Waals surface area contributed by atoms with Gasteiger partial charge in [0.05, 0.1) is 11.4 Å². The Balaban J connectivity index is 2.14. The fourth-order valence-corrected chi connectivity index (χ4v) is 2.38. The van der Waals surface area contributed by atoms with Gasteiger partial charge in [0.25, 0.3) is 0 Å². The molecule has 8 heteroatoms. The van der Waals surface area contributed by atoms with Crippen LogP contribution >= 0.6 is 0 Å². The summed E-state index contributed by atoms with van der Waals surface area (Å²) in [6, 6.07) is 4.57. The molecule has 0 radical (unpaired) electrons. The molecule has 1 saturated carbocycles. The zero-order valence-corrected chi connectivity index (χ0v) is 12.0. The minimum absolute atomic E-state index is 0.0676. The highest BCUT2D eigenvalue weighted by Gasteiger charge is 2.23. The molecule has 0 heterocycles. The van der Waals surface area contributed by atoms with E-state index >= 15 is 0 Å². The topological polar surface area (TPSA) is 119 Å². The van der Waals surface area contributed by atoms with E-state index in [1.54, 1.807) is 18.0 Å². The summed E-state index contributed by atoms with van der Waals surface area (Å²) in [5.41, 5.74) is 6.47. The van der Waals surface area contributed by atoms with Crippen LogP contribution in [0.3, 0.4) is 0 Å². The van der Waals surface area contributed by atoms with E-state index in [9.17, 15) is 13.2 Å². The van der Waals surface area contributed by atoms with Crippen molar-refractivity contribution in [3.8, 4) is 0 Å². The highest BCUT2D eigenvalue weighted by atomic mass is 32.2. The van der Waals surface area contributed by atoms with Crippen molar-refractivity contribution < 1.29 is 13.2 Å². The Hall–Kier alpha value is -1.80. The smallest absolute Gasteiger partial charge is 0.239 e. The van der Waals surface area contributed by atoms with Crippen LogP contribution in [0.5, 0.6) is 0 Å². The molecule has 1 aliphatic rings. The third-order valence-corrected chi connectivity index (χ3v) is 3.90. The number of nitrogens with one attached hydrogen (secondary N) is 1. The molecule has 5 N–H and O–H groups in total. The first-order valence-corrected chi connectivity index (χ1v) is 7.74. The van der Waals surface area contributed by atoms with Crippen molar-refractivity contribution in [1.29, 1.82) is 0 Å². The zero-order valence-electron chi connectivity index (χ0n) is 11.2. The molecule has 1 amide bonds. The predicted octanol–water partition coefficient (Wildman–Crippen LogP) is -0.369. The number of hydrogen-bond acceptors (Lipinski definition) is 5. The van der Waals surface area contributed by atoms with Crippen LogP contribution in [0.2, 0.25) is 0 Å². The van der Waals surface area contributed by atoms with Gasteiger partial charge in [-0.25, -0.2) is 13.6 Å². The molecule has 1 fully saturated rings. The maximum atomic E-state index is 11.7. The molecule has 1 aliphatic carbocycles. The van der Waals surface area contributed by atoms with Gasteiger partial charge in [-0.3, -0.25) is 4.79 Å². The Morgan fingerprint density at radius 1 is 1.40 bits per heavy atom. The lowest BCUT2D eigenvalue weighted by Gasteiger charge is -2.20. The summed E-state index contributed by atoms with van der Waals surface area (Å²) in [4.78, 5) is 13.3. The number of nitrogens with two attached hydrogens (primary N) is 2. The van der Waals surface area contributed by atoms with Crippen molar-refractivity contribution >= 4 is 27.3 Å². The average molecular weight is 298 g/mol. The quantitative estimate of drug-likeness (QED) is 0.641. The fourth-order valence-electron chi connectivity index (χ4n) is 1.80. The van der Waals surface area contributed by atoms with Crippen LogP contribution in [0.25, 0.3) is 0 Å². The van der Waals surface area contributed by atoms with Crippen molar-refractivity contribution in [2.75, 3.05) is 24.2 Å². The van der Waals surface area contributed by atoms with Crippen molar-refractivity contribution in [3.63, 3.8) is 0 Å². The van der Waals surface area contributed by atoms with E-state index in [1.807, 2.05) is 0 Å². The third kappa shape index (κ3) is 3.84. The lowest BCUT2D eigenvalue weighted by molar-refractivity contribution is -0.119. The van der Waals surface area contributed by atoms with E-state index in [2.05, 4.69) is 5.32 Å². The van der Waals surface area contributed by atoms with Gasteiger partial charge in [-0.15, -0.1) is 0 Å². The second kappa shape index (κ2) is 5.29. The summed E-state index contributed by atoms with van der Waals surface area (Å²) in [5.74, 6) is -0.102. The summed E-state index contributed by atoms with van der Waals surface area (Å²) in [6.07, 6.45) is 2.03. The Morgan fingerprint density at radius 2 is 2.05 bits per heavy atom. The van der Waals surface area contributed by atoms with Gasteiger partial charge >= 0.3 is 0 Å². The van der Waals surface area contributed by atoms with Crippen LogP contribution < -0.4 is 21.1 Å². The van der Waals surface area contributed by atoms with E-state index in [-0.39, 0.29) is 29.1 Å². The Kier molecular flexibility index (Phi) is 3.87. The molecule has 0 spiro atoms. The Labute approximate surface area is 118 Å². The monoisotopic (exact) mass is 298 g/mol. The first-order chi connectivity index (χ1) is 9.25. The minimum atomic E-state index is -3.83. The highest BCUT2D eigenvalue weighted by molar-refractivity contribution is 7.89. The number of primary sulfonamides is 1. The standard InChI is InChI=1S/C12H18N4O3S/c1-16(7-12(17)15-9-2-3-9)10-4-8(13)5-11(6-10)20(14,18)19/h4-6,9H,2-3,7,13H2,1H3,(H,15,17)(H2,14,18,19). The van der Waals surface area contributed by atoms with Crippen LogP contribution in [0, 0.1) is 0 Å². The number of sulfonamides is 1. The fraction of sp³-hybridized carbons (Fsp3) is 0.417. The Morgan fingerprint density at radius 3 is 2.60 bits per heavy atom. The lowest BCUT2D eigenvalue weighted by Crippen LogP contribution is -2.36. The normalized spacial score (nSPS) is 14.9. The number of benzene rings is 1. The van der Waals surface area contributed by atoms with Gasteiger partial charge in [0.1, 0.15) is 0 Å². The van der Waals surface area contributed by atoms with Gasteiger partial charge in [-0.1, -0.05) is 0 Å². The van der Waals surface area contributed by atoms with Gasteiger partial charge in [0, 0.05) is 24.5 Å². The van der Waals surface area contributed by atoms with Gasteiger partial charge in [-0.05, 0) is 31.0 Å². The van der Waals surface area contributed by atoms with Crippen molar-refractivity contribution in [3.05, 3.63) is 18.2 Å². The van der Waals surface area contributed by atoms with E-state index < -0.39 is 10.0 Å². The van der Waals surface area contributed by atoms with Crippen LogP contribution in [-0.4, -0.2) is 34.0 Å². The van der Waals surface area contributed by atoms with Gasteiger partial charge in [-0.2, -0.15) is 0 Å². The number of nitrogens with zero attached hydrogens (tertiary/aromatic N) is 1. The summed E-state index contributed by atoms with van der Waals surface area (Å²) in [7, 11) is -2.14. The van der Waals surface area contributed by atoms with E-state index in [0.29, 0.717) is 5.69 Å². The van der Waals surface area contributed by atoms with E-state index in [1.165, 1.54) is 12.1 Å². The third-order valence-electron chi connectivity index (χ3n) is 3.01. The summed E-state index contributed by atoms with van der Waals surface area (Å²) < 4.78 is 22.7. The highest BCUT2D eigenvalue weighted by Crippen LogP contribution is 2.22. The molecule has 1 aromatic rings. The second-order valence-electron chi connectivity index (χ2n) is 5.00. The van der Waals surface area contributed by atoms with Gasteiger partial charge in [0.2, 0.25) is 15.9 Å². The van der Waals surface area contributed by atoms with Crippen molar-refractivity contribution in [2.45, 2.75) is 23.8 Å². The molecular formula is C12H18N4O3S. The molecule has 0 aromatic heterocycles. The molecule has 2 rings (SSSR count). The number of rotatable bonds is 5. The van der Waals surface area contributed by atoms with Gasteiger partial charge in [0.15, 0.2) is 0 Å². The molecule has 1 aromatic carbocycles. The first-order valence-electron chi connectivity index (χ1n) is 6.19. The van der Waals surface area contributed by atoms with Crippen LogP contribution in [-0.2, 0) is 14.8 Å². The molecule has 20 heavy (non-hydrogen) atoms. The molecule has 0 bridgehead atoms. The summed E-state index contributed by atoms with van der Waals surface area (Å²) in [6.45, 7) is 0.129. The predicted molar refractivity (Wildman–Crippen MR) is 76.7 cm³/mol. The molecule has 7 nitrogen and oxygen atoms in total. The number of carbonyl (C=O) groups excluding carboxylic acids is 1. The second-order valence-corrected chi connectivity index (χ2v) is 6.56. The van der Waals surface area contributed by atoms with Gasteiger partial charge < -0.3 is 16.0 Å². The van der Waals surface area contributed by atoms with Crippen molar-refractivity contribution in [1.82, 2.24) is 5.32 Å². The number of amides is 1. The van der Waals surface area contributed by atoms with E-state index in [4.69, 9.17) is 10.9 Å². The summed E-state index contributed by atoms with van der Waals surface area (Å²) >= 11 is 0. The lowest BCUT2D eigenvalue weighted by atomic mass is 10.2. The van der Waals surface area contributed by atoms with Crippen LogP contribution in [0.1, 0.15) is 12.8 Å². The molecule has 0 atom stereocenters. The first kappa shape index (κ1) is 14.6. The van der Waals surface area contributed by atoms with E-state index in [0.717, 1.165) is 12.8 Å². The minimum Gasteiger partial charge on any atom is -0.399 e. The van der Waals surface area contributed by atoms with Crippen molar-refractivity contribution in [2.24, 2.45) is 5.14 Å². The largest absolute Gasteiger partial charge is 0.399 e. The Bertz CT molecular complexity index is 626. The summed E-state index contributed by atoms with van der Waals surface area (Å²) in [5, 5.41) is 7.95. The maximum absolute atomic E-state index is 11.7.